The number of benzene rings is 2. The molecule has 0 heterocycles. The van der Waals surface area contributed by atoms with Gasteiger partial charge in [-0.1, -0.05) is 36.4 Å². The Morgan fingerprint density at radius 2 is 1.80 bits per heavy atom. The van der Waals surface area contributed by atoms with Crippen molar-refractivity contribution in [2.75, 3.05) is 11.8 Å². The quantitative estimate of drug-likeness (QED) is 0.920. The molecule has 2 aromatic carbocycles. The Hall–Kier alpha value is -2.27. The molecule has 0 amide bonds. The summed E-state index contributed by atoms with van der Waals surface area (Å²) in [6.45, 7) is 0. The number of sulfonamides is 1. The van der Waals surface area contributed by atoms with Crippen molar-refractivity contribution in [3.8, 4) is 5.75 Å². The van der Waals surface area contributed by atoms with Crippen LogP contribution in [-0.4, -0.2) is 15.5 Å². The molecule has 1 N–H and O–H groups in total. The second-order valence-corrected chi connectivity index (χ2v) is 5.66. The van der Waals surface area contributed by atoms with E-state index < -0.39 is 10.0 Å². The summed E-state index contributed by atoms with van der Waals surface area (Å²) >= 11 is 0. The molecule has 0 bridgehead atoms. The Labute approximate surface area is 118 Å². The predicted molar refractivity (Wildman–Crippen MR) is 81.0 cm³/mol. The minimum atomic E-state index is -3.54. The van der Waals surface area contributed by atoms with E-state index >= 15 is 0 Å². The molecule has 0 atom stereocenters. The van der Waals surface area contributed by atoms with E-state index in [1.165, 1.54) is 7.11 Å². The molecule has 4 nitrogen and oxygen atoms in total. The highest BCUT2D eigenvalue weighted by Crippen LogP contribution is 2.18. The number of ether oxygens (including phenoxy) is 1. The van der Waals surface area contributed by atoms with E-state index in [9.17, 15) is 8.42 Å². The van der Waals surface area contributed by atoms with E-state index in [1.807, 2.05) is 30.3 Å². The van der Waals surface area contributed by atoms with Gasteiger partial charge >= 0.3 is 0 Å². The second-order valence-electron chi connectivity index (χ2n) is 4.09. The molecule has 20 heavy (non-hydrogen) atoms. The molecule has 0 saturated heterocycles. The smallest absolute Gasteiger partial charge is 0.255 e. The summed E-state index contributed by atoms with van der Waals surface area (Å²) in [6, 6.07) is 16.0. The summed E-state index contributed by atoms with van der Waals surface area (Å²) in [6.07, 6.45) is 1.54. The van der Waals surface area contributed by atoms with Crippen molar-refractivity contribution in [1.29, 1.82) is 0 Å². The van der Waals surface area contributed by atoms with Crippen LogP contribution in [-0.2, 0) is 10.0 Å². The van der Waals surface area contributed by atoms with Crippen molar-refractivity contribution < 1.29 is 13.2 Å². The predicted octanol–water partition coefficient (Wildman–Crippen LogP) is 3.11. The minimum absolute atomic E-state index is 0.460. The monoisotopic (exact) mass is 289 g/mol. The first-order valence-corrected chi connectivity index (χ1v) is 7.54. The first kappa shape index (κ1) is 14.1. The highest BCUT2D eigenvalue weighted by atomic mass is 32.2. The van der Waals surface area contributed by atoms with E-state index in [0.29, 0.717) is 11.4 Å². The third kappa shape index (κ3) is 4.13. The molecule has 104 valence electrons. The van der Waals surface area contributed by atoms with Crippen molar-refractivity contribution in [3.05, 3.63) is 65.6 Å². The van der Waals surface area contributed by atoms with Gasteiger partial charge in [0.15, 0.2) is 0 Å². The molecular weight excluding hydrogens is 274 g/mol. The Morgan fingerprint density at radius 3 is 2.50 bits per heavy atom. The van der Waals surface area contributed by atoms with E-state index in [-0.39, 0.29) is 0 Å². The van der Waals surface area contributed by atoms with Gasteiger partial charge in [-0.2, -0.15) is 0 Å². The highest BCUT2D eigenvalue weighted by Gasteiger charge is 2.06. The van der Waals surface area contributed by atoms with Crippen LogP contribution in [0.2, 0.25) is 0 Å². The van der Waals surface area contributed by atoms with Crippen molar-refractivity contribution in [2.45, 2.75) is 0 Å². The largest absolute Gasteiger partial charge is 0.497 e. The molecule has 0 fully saturated rings. The Morgan fingerprint density at radius 1 is 1.05 bits per heavy atom. The fraction of sp³-hybridized carbons (Fsp3) is 0.0667. The van der Waals surface area contributed by atoms with Crippen LogP contribution in [0.1, 0.15) is 5.56 Å². The highest BCUT2D eigenvalue weighted by molar-refractivity contribution is 7.95. The Bertz CT molecular complexity index is 694. The summed E-state index contributed by atoms with van der Waals surface area (Å²) < 4.78 is 31.4. The van der Waals surface area contributed by atoms with Gasteiger partial charge in [0.05, 0.1) is 18.2 Å². The molecule has 0 aromatic heterocycles. The van der Waals surface area contributed by atoms with Gasteiger partial charge in [-0.05, 0) is 23.8 Å². The van der Waals surface area contributed by atoms with Gasteiger partial charge in [0.1, 0.15) is 5.75 Å². The SMILES string of the molecule is COc1cccc(NS(=O)(=O)C=Cc2ccccc2)c1. The van der Waals surface area contributed by atoms with Crippen molar-refractivity contribution in [2.24, 2.45) is 0 Å². The minimum Gasteiger partial charge on any atom is -0.497 e. The lowest BCUT2D eigenvalue weighted by Gasteiger charge is -2.06. The van der Waals surface area contributed by atoms with E-state index in [2.05, 4.69) is 4.72 Å². The molecule has 0 radical (unpaired) electrons. The molecule has 0 saturated carbocycles. The molecule has 0 spiro atoms. The van der Waals surface area contributed by atoms with Gasteiger partial charge in [0.2, 0.25) is 0 Å². The van der Waals surface area contributed by atoms with Crippen LogP contribution in [0, 0.1) is 0 Å². The number of anilines is 1. The summed E-state index contributed by atoms with van der Waals surface area (Å²) in [5, 5.41) is 1.14. The van der Waals surface area contributed by atoms with Gasteiger partial charge in [-0.25, -0.2) is 8.42 Å². The van der Waals surface area contributed by atoms with Crippen LogP contribution >= 0.6 is 0 Å². The Kier molecular flexibility index (Phi) is 4.42. The number of rotatable bonds is 5. The van der Waals surface area contributed by atoms with Crippen LogP contribution in [0.4, 0.5) is 5.69 Å². The maximum atomic E-state index is 11.9. The molecule has 2 rings (SSSR count). The van der Waals surface area contributed by atoms with Gasteiger partial charge < -0.3 is 4.74 Å². The molecule has 5 heteroatoms. The average molecular weight is 289 g/mol. The van der Waals surface area contributed by atoms with E-state index in [1.54, 1.807) is 30.3 Å². The maximum absolute atomic E-state index is 11.9. The fourth-order valence-electron chi connectivity index (χ4n) is 1.62. The van der Waals surface area contributed by atoms with Gasteiger partial charge in [-0.3, -0.25) is 4.72 Å². The molecule has 0 aliphatic carbocycles. The van der Waals surface area contributed by atoms with Crippen molar-refractivity contribution in [3.63, 3.8) is 0 Å². The third-order valence-electron chi connectivity index (χ3n) is 2.57. The summed E-state index contributed by atoms with van der Waals surface area (Å²) in [5.41, 5.74) is 1.28. The number of hydrogen-bond donors (Lipinski definition) is 1. The van der Waals surface area contributed by atoms with Crippen LogP contribution in [0.15, 0.2) is 60.0 Å². The lowest BCUT2D eigenvalue weighted by atomic mass is 10.2. The van der Waals surface area contributed by atoms with Crippen LogP contribution < -0.4 is 9.46 Å². The zero-order valence-electron chi connectivity index (χ0n) is 11.0. The summed E-state index contributed by atoms with van der Waals surface area (Å²) in [4.78, 5) is 0. The standard InChI is InChI=1S/C15H15NO3S/c1-19-15-9-5-8-14(12-15)16-20(17,18)11-10-13-6-3-2-4-7-13/h2-12,16H,1H3. The summed E-state index contributed by atoms with van der Waals surface area (Å²) in [5.74, 6) is 0.595. The van der Waals surface area contributed by atoms with Gasteiger partial charge in [0.25, 0.3) is 10.0 Å². The zero-order chi connectivity index (χ0) is 14.4. The molecular formula is C15H15NO3S. The molecule has 0 aliphatic heterocycles. The summed E-state index contributed by atoms with van der Waals surface area (Å²) in [7, 11) is -2.01. The van der Waals surface area contributed by atoms with Crippen LogP contribution in [0.3, 0.4) is 0 Å². The lowest BCUT2D eigenvalue weighted by Crippen LogP contribution is -2.08. The van der Waals surface area contributed by atoms with Crippen LogP contribution in [0.25, 0.3) is 6.08 Å². The van der Waals surface area contributed by atoms with Gasteiger partial charge in [-0.15, -0.1) is 0 Å². The number of methoxy groups -OCH3 is 1. The molecule has 0 unspecified atom stereocenters. The van der Waals surface area contributed by atoms with Gasteiger partial charge in [0, 0.05) is 6.07 Å². The van der Waals surface area contributed by atoms with Crippen LogP contribution in [0.5, 0.6) is 5.75 Å². The number of nitrogens with one attached hydrogen (secondary N) is 1. The zero-order valence-corrected chi connectivity index (χ0v) is 11.8. The Balaban J connectivity index is 2.13. The maximum Gasteiger partial charge on any atom is 0.255 e. The van der Waals surface area contributed by atoms with Crippen molar-refractivity contribution >= 4 is 21.8 Å². The fourth-order valence-corrected chi connectivity index (χ4v) is 2.48. The first-order chi connectivity index (χ1) is 9.59. The molecule has 2 aromatic rings. The lowest BCUT2D eigenvalue weighted by molar-refractivity contribution is 0.415. The van der Waals surface area contributed by atoms with E-state index in [4.69, 9.17) is 4.74 Å². The second kappa shape index (κ2) is 6.25. The topological polar surface area (TPSA) is 55.4 Å². The number of hydrogen-bond acceptors (Lipinski definition) is 3. The molecule has 0 aliphatic rings. The normalized spacial score (nSPS) is 11.4. The first-order valence-electron chi connectivity index (χ1n) is 5.99. The van der Waals surface area contributed by atoms with Crippen molar-refractivity contribution in [1.82, 2.24) is 0 Å². The third-order valence-corrected chi connectivity index (χ3v) is 3.58. The average Bonchev–Trinajstić information content (AvgIpc) is 2.46. The van der Waals surface area contributed by atoms with E-state index in [0.717, 1.165) is 11.0 Å².